The van der Waals surface area contributed by atoms with Gasteiger partial charge in [0, 0.05) is 17.5 Å². The first kappa shape index (κ1) is 17.0. The fourth-order valence-electron chi connectivity index (χ4n) is 3.69. The van der Waals surface area contributed by atoms with E-state index in [0.717, 1.165) is 25.7 Å². The molecule has 0 saturated heterocycles. The molecule has 0 spiro atoms. The van der Waals surface area contributed by atoms with Gasteiger partial charge >= 0.3 is 5.97 Å². The Hall–Kier alpha value is -2.44. The molecule has 1 aromatic carbocycles. The van der Waals surface area contributed by atoms with Gasteiger partial charge < -0.3 is 9.67 Å². The monoisotopic (exact) mass is 359 g/mol. The highest BCUT2D eigenvalue weighted by Crippen LogP contribution is 2.52. The fourth-order valence-corrected chi connectivity index (χ4v) is 3.69. The van der Waals surface area contributed by atoms with E-state index in [4.69, 9.17) is 5.11 Å². The van der Waals surface area contributed by atoms with Crippen LogP contribution in [0.15, 0.2) is 12.1 Å². The number of fused-ring (bicyclic) bond motifs is 1. The molecule has 7 heteroatoms. The van der Waals surface area contributed by atoms with E-state index in [2.05, 4.69) is 10.3 Å². The number of aromatic nitrogens is 2. The number of imidazole rings is 1. The van der Waals surface area contributed by atoms with Gasteiger partial charge in [0.1, 0.15) is 5.52 Å². The number of benzene rings is 1. The quantitative estimate of drug-likeness (QED) is 0.856. The maximum atomic E-state index is 15.0. The summed E-state index contributed by atoms with van der Waals surface area (Å²) in [5, 5.41) is 11.9. The van der Waals surface area contributed by atoms with E-state index in [1.54, 1.807) is 10.6 Å². The van der Waals surface area contributed by atoms with Crippen molar-refractivity contribution in [3.63, 3.8) is 0 Å². The van der Waals surface area contributed by atoms with E-state index in [1.807, 2.05) is 13.8 Å². The van der Waals surface area contributed by atoms with Crippen molar-refractivity contribution in [2.75, 3.05) is 5.32 Å². The largest absolute Gasteiger partial charge is 0.481 e. The van der Waals surface area contributed by atoms with Crippen LogP contribution in [0.5, 0.6) is 0 Å². The molecule has 0 bridgehead atoms. The Morgan fingerprint density at radius 2 is 2.08 bits per heavy atom. The SMILES string of the molecule is CC1(C)CC1C(=O)Nc1nc2ccc(CC(=O)O)c(F)c2n1C1CCC1. The van der Waals surface area contributed by atoms with Crippen molar-refractivity contribution in [2.45, 2.75) is 52.0 Å². The van der Waals surface area contributed by atoms with Crippen molar-refractivity contribution in [2.24, 2.45) is 11.3 Å². The minimum atomic E-state index is -1.08. The summed E-state index contributed by atoms with van der Waals surface area (Å²) in [7, 11) is 0. The van der Waals surface area contributed by atoms with Crippen LogP contribution in [0.4, 0.5) is 10.3 Å². The lowest BCUT2D eigenvalue weighted by atomic mass is 9.92. The Bertz CT molecular complexity index is 914. The van der Waals surface area contributed by atoms with Gasteiger partial charge in [0.2, 0.25) is 11.9 Å². The lowest BCUT2D eigenvalue weighted by Crippen LogP contribution is -2.24. The number of carboxylic acids is 1. The molecule has 2 N–H and O–H groups in total. The van der Waals surface area contributed by atoms with E-state index in [1.165, 1.54) is 6.07 Å². The van der Waals surface area contributed by atoms with Crippen LogP contribution in [0.2, 0.25) is 0 Å². The van der Waals surface area contributed by atoms with E-state index >= 15 is 4.39 Å². The molecular weight excluding hydrogens is 337 g/mol. The van der Waals surface area contributed by atoms with Gasteiger partial charge in [0.05, 0.1) is 11.9 Å². The Kier molecular flexibility index (Phi) is 3.78. The molecule has 138 valence electrons. The van der Waals surface area contributed by atoms with E-state index < -0.39 is 11.8 Å². The van der Waals surface area contributed by atoms with Crippen molar-refractivity contribution < 1.29 is 19.1 Å². The van der Waals surface area contributed by atoms with Gasteiger partial charge in [-0.25, -0.2) is 9.37 Å². The van der Waals surface area contributed by atoms with Crippen LogP contribution < -0.4 is 5.32 Å². The number of aliphatic carboxylic acids is 1. The normalized spacial score (nSPS) is 21.4. The second kappa shape index (κ2) is 5.79. The molecule has 1 aromatic heterocycles. The zero-order valence-corrected chi connectivity index (χ0v) is 14.9. The second-order valence-corrected chi connectivity index (χ2v) is 8.10. The first-order valence-electron chi connectivity index (χ1n) is 9.00. The summed E-state index contributed by atoms with van der Waals surface area (Å²) in [5.41, 5.74) is 0.858. The standard InChI is InChI=1S/C19H22FN3O3/c1-19(2)9-12(19)17(26)22-18-21-13-7-6-10(8-14(24)25)15(20)16(13)23(18)11-4-3-5-11/h6-7,11-12H,3-5,8-9H2,1-2H3,(H,24,25)(H,21,22,26). The molecule has 6 nitrogen and oxygen atoms in total. The highest BCUT2D eigenvalue weighted by molar-refractivity contribution is 5.95. The van der Waals surface area contributed by atoms with Gasteiger partial charge in [-0.05, 0) is 37.2 Å². The van der Waals surface area contributed by atoms with Gasteiger partial charge in [0.25, 0.3) is 0 Å². The third kappa shape index (κ3) is 2.75. The number of halogens is 1. The highest BCUT2D eigenvalue weighted by atomic mass is 19.1. The van der Waals surface area contributed by atoms with Crippen molar-refractivity contribution >= 4 is 28.9 Å². The minimum absolute atomic E-state index is 0.00267. The smallest absolute Gasteiger partial charge is 0.307 e. The highest BCUT2D eigenvalue weighted by Gasteiger charge is 2.50. The van der Waals surface area contributed by atoms with Gasteiger partial charge in [0.15, 0.2) is 5.82 Å². The summed E-state index contributed by atoms with van der Waals surface area (Å²) in [6.07, 6.45) is 3.29. The lowest BCUT2D eigenvalue weighted by molar-refractivity contribution is -0.136. The number of hydrogen-bond acceptors (Lipinski definition) is 3. The molecule has 1 atom stereocenters. The molecule has 0 radical (unpaired) electrons. The van der Waals surface area contributed by atoms with Crippen LogP contribution in [0, 0.1) is 17.2 Å². The average Bonchev–Trinajstić information content (AvgIpc) is 3.00. The zero-order chi connectivity index (χ0) is 18.6. The fraction of sp³-hybridized carbons (Fsp3) is 0.526. The molecule has 2 fully saturated rings. The molecule has 4 rings (SSSR count). The number of nitrogens with zero attached hydrogens (tertiary/aromatic N) is 2. The van der Waals surface area contributed by atoms with Crippen LogP contribution in [-0.2, 0) is 16.0 Å². The first-order chi connectivity index (χ1) is 12.3. The molecule has 2 aromatic rings. The number of anilines is 1. The summed E-state index contributed by atoms with van der Waals surface area (Å²) in [6, 6.07) is 3.17. The summed E-state index contributed by atoms with van der Waals surface area (Å²) in [6.45, 7) is 4.09. The van der Waals surface area contributed by atoms with Gasteiger partial charge in [-0.1, -0.05) is 19.9 Å². The van der Waals surface area contributed by atoms with E-state index in [-0.39, 0.29) is 35.3 Å². The molecule has 2 aliphatic carbocycles. The van der Waals surface area contributed by atoms with Crippen molar-refractivity contribution in [1.29, 1.82) is 0 Å². The maximum Gasteiger partial charge on any atom is 0.307 e. The molecule has 2 saturated carbocycles. The first-order valence-corrected chi connectivity index (χ1v) is 9.00. The maximum absolute atomic E-state index is 15.0. The van der Waals surface area contributed by atoms with E-state index in [0.29, 0.717) is 17.0 Å². The van der Waals surface area contributed by atoms with Crippen LogP contribution in [-0.4, -0.2) is 26.5 Å². The molecule has 1 unspecified atom stereocenters. The summed E-state index contributed by atoms with van der Waals surface area (Å²) < 4.78 is 16.8. The van der Waals surface area contributed by atoms with E-state index in [9.17, 15) is 9.59 Å². The number of amides is 1. The Morgan fingerprint density at radius 1 is 1.38 bits per heavy atom. The van der Waals surface area contributed by atoms with Crippen LogP contribution >= 0.6 is 0 Å². The predicted molar refractivity (Wildman–Crippen MR) is 94.4 cm³/mol. The topological polar surface area (TPSA) is 84.2 Å². The summed E-state index contributed by atoms with van der Waals surface area (Å²) in [4.78, 5) is 27.9. The van der Waals surface area contributed by atoms with Crippen LogP contribution in [0.3, 0.4) is 0 Å². The van der Waals surface area contributed by atoms with Gasteiger partial charge in [-0.3, -0.25) is 14.9 Å². The summed E-state index contributed by atoms with van der Waals surface area (Å²) >= 11 is 0. The number of carbonyl (C=O) groups is 2. The Labute approximate surface area is 150 Å². The van der Waals surface area contributed by atoms with Gasteiger partial charge in [-0.2, -0.15) is 0 Å². The molecule has 0 aliphatic heterocycles. The lowest BCUT2D eigenvalue weighted by Gasteiger charge is -2.29. The van der Waals surface area contributed by atoms with Crippen molar-refractivity contribution in [3.05, 3.63) is 23.5 Å². The third-order valence-electron chi connectivity index (χ3n) is 5.72. The number of hydrogen-bond donors (Lipinski definition) is 2. The van der Waals surface area contributed by atoms with Crippen LogP contribution in [0.25, 0.3) is 11.0 Å². The molecule has 26 heavy (non-hydrogen) atoms. The second-order valence-electron chi connectivity index (χ2n) is 8.10. The van der Waals surface area contributed by atoms with Crippen molar-refractivity contribution in [1.82, 2.24) is 9.55 Å². The van der Waals surface area contributed by atoms with Gasteiger partial charge in [-0.15, -0.1) is 0 Å². The number of rotatable bonds is 5. The minimum Gasteiger partial charge on any atom is -0.481 e. The molecule has 1 amide bonds. The molecular formula is C19H22FN3O3. The van der Waals surface area contributed by atoms with Crippen LogP contribution in [0.1, 0.15) is 51.1 Å². The number of nitrogens with one attached hydrogen (secondary N) is 1. The third-order valence-corrected chi connectivity index (χ3v) is 5.72. The Morgan fingerprint density at radius 3 is 2.62 bits per heavy atom. The summed E-state index contributed by atoms with van der Waals surface area (Å²) in [5.74, 6) is -1.41. The molecule has 1 heterocycles. The Balaban J connectivity index is 1.76. The zero-order valence-electron chi connectivity index (χ0n) is 14.9. The number of carboxylic acid groups (broad SMARTS) is 1. The predicted octanol–water partition coefficient (Wildman–Crippen LogP) is 3.51. The van der Waals surface area contributed by atoms with Crippen molar-refractivity contribution in [3.8, 4) is 0 Å². The number of carbonyl (C=O) groups excluding carboxylic acids is 1. The average molecular weight is 359 g/mol. The molecule has 2 aliphatic rings.